The van der Waals surface area contributed by atoms with Gasteiger partial charge in [0, 0.05) is 13.2 Å². The molecular weight excluding hydrogens is 241 g/mol. The monoisotopic (exact) mass is 265 g/mol. The Labute approximate surface area is 104 Å². The average Bonchev–Trinajstić information content (AvgIpc) is 2.21. The molecule has 1 N–H and O–H groups in total. The topological polar surface area (TPSA) is 66.8 Å². The summed E-state index contributed by atoms with van der Waals surface area (Å²) in [5.74, 6) is -0.825. The Morgan fingerprint density at radius 3 is 2.47 bits per heavy atom. The van der Waals surface area contributed by atoms with Crippen LogP contribution in [0.1, 0.15) is 33.1 Å². The van der Waals surface area contributed by atoms with Crippen molar-refractivity contribution in [3.8, 4) is 0 Å². The Bertz CT molecular complexity index is 270. The van der Waals surface area contributed by atoms with Gasteiger partial charge in [-0.2, -0.15) is 0 Å². The van der Waals surface area contributed by atoms with Crippen LogP contribution >= 0.6 is 7.37 Å². The summed E-state index contributed by atoms with van der Waals surface area (Å²) in [6.07, 6.45) is 2.43. The van der Waals surface area contributed by atoms with Crippen LogP contribution in [0.2, 0.25) is 0 Å². The van der Waals surface area contributed by atoms with Crippen molar-refractivity contribution in [2.24, 2.45) is 0 Å². The Morgan fingerprint density at radius 1 is 1.35 bits per heavy atom. The number of nitrogens with zero attached hydrogens (tertiary/aromatic N) is 1. The lowest BCUT2D eigenvalue weighted by Crippen LogP contribution is -2.29. The predicted molar refractivity (Wildman–Crippen MR) is 68.8 cm³/mol. The molecule has 0 aliphatic carbocycles. The highest BCUT2D eigenvalue weighted by Crippen LogP contribution is 2.42. The molecular formula is C11H24NO4P. The van der Waals surface area contributed by atoms with Crippen molar-refractivity contribution >= 4 is 13.3 Å². The minimum atomic E-state index is -2.62. The van der Waals surface area contributed by atoms with Crippen LogP contribution in [0.3, 0.4) is 0 Å². The first-order valence-electron chi connectivity index (χ1n) is 6.06. The van der Waals surface area contributed by atoms with E-state index < -0.39 is 13.3 Å². The van der Waals surface area contributed by atoms with E-state index in [1.807, 2.05) is 11.8 Å². The molecule has 0 aromatic heterocycles. The lowest BCUT2D eigenvalue weighted by Gasteiger charge is -2.24. The molecule has 1 atom stereocenters. The zero-order valence-electron chi connectivity index (χ0n) is 11.0. The smallest absolute Gasteiger partial charge is 0.304 e. The summed E-state index contributed by atoms with van der Waals surface area (Å²) < 4.78 is 17.2. The quantitative estimate of drug-likeness (QED) is 0.615. The van der Waals surface area contributed by atoms with Crippen LogP contribution in [0.25, 0.3) is 0 Å². The number of hydrogen-bond acceptors (Lipinski definition) is 4. The Morgan fingerprint density at radius 2 is 2.00 bits per heavy atom. The number of carbonyl (C=O) groups is 1. The van der Waals surface area contributed by atoms with Gasteiger partial charge in [-0.1, -0.05) is 13.3 Å². The van der Waals surface area contributed by atoms with Crippen LogP contribution in [0.4, 0.5) is 0 Å². The molecule has 102 valence electrons. The van der Waals surface area contributed by atoms with Gasteiger partial charge in [0.2, 0.25) is 7.37 Å². The van der Waals surface area contributed by atoms with E-state index in [0.29, 0.717) is 19.4 Å². The van der Waals surface area contributed by atoms with Gasteiger partial charge in [-0.15, -0.1) is 0 Å². The normalized spacial score (nSPS) is 14.8. The molecule has 0 amide bonds. The molecule has 0 aromatic carbocycles. The van der Waals surface area contributed by atoms with Crippen molar-refractivity contribution in [3.05, 3.63) is 0 Å². The zero-order valence-corrected chi connectivity index (χ0v) is 11.9. The van der Waals surface area contributed by atoms with Crippen LogP contribution in [-0.2, 0) is 13.9 Å². The highest BCUT2D eigenvalue weighted by Gasteiger charge is 2.20. The summed E-state index contributed by atoms with van der Waals surface area (Å²) in [4.78, 5) is 12.5. The molecule has 0 bridgehead atoms. The maximum absolute atomic E-state index is 12.0. The fourth-order valence-corrected chi connectivity index (χ4v) is 3.20. The second kappa shape index (κ2) is 8.67. The minimum absolute atomic E-state index is 0.0792. The summed E-state index contributed by atoms with van der Waals surface area (Å²) >= 11 is 0. The number of hydrogen-bond donors (Lipinski definition) is 1. The molecule has 0 saturated heterocycles. The van der Waals surface area contributed by atoms with Crippen molar-refractivity contribution in [2.45, 2.75) is 33.1 Å². The number of carboxylic acid groups (broad SMARTS) is 1. The molecule has 0 rings (SSSR count). The Balaban J connectivity index is 4.25. The molecule has 0 saturated carbocycles. The molecule has 0 aliphatic rings. The molecule has 17 heavy (non-hydrogen) atoms. The van der Waals surface area contributed by atoms with E-state index in [1.54, 1.807) is 6.66 Å². The summed E-state index contributed by atoms with van der Waals surface area (Å²) in [5.41, 5.74) is 0. The first-order valence-corrected chi connectivity index (χ1v) is 8.32. The SMILES string of the molecule is CCCCN(CCC(=O)O)CP(C)(=O)OCC. The van der Waals surface area contributed by atoms with Gasteiger partial charge in [0.15, 0.2) is 0 Å². The molecule has 5 nitrogen and oxygen atoms in total. The largest absolute Gasteiger partial charge is 0.481 e. The van der Waals surface area contributed by atoms with Crippen LogP contribution in [0, 0.1) is 0 Å². The van der Waals surface area contributed by atoms with E-state index in [4.69, 9.17) is 9.63 Å². The van der Waals surface area contributed by atoms with Crippen molar-refractivity contribution in [3.63, 3.8) is 0 Å². The van der Waals surface area contributed by atoms with Gasteiger partial charge in [0.1, 0.15) is 0 Å². The first kappa shape index (κ1) is 16.6. The first-order chi connectivity index (χ1) is 7.91. The fourth-order valence-electron chi connectivity index (χ4n) is 1.57. The minimum Gasteiger partial charge on any atom is -0.481 e. The van der Waals surface area contributed by atoms with E-state index in [9.17, 15) is 9.36 Å². The van der Waals surface area contributed by atoms with Crippen LogP contribution < -0.4 is 0 Å². The summed E-state index contributed by atoms with van der Waals surface area (Å²) in [6, 6.07) is 0. The lowest BCUT2D eigenvalue weighted by atomic mass is 10.3. The van der Waals surface area contributed by atoms with Crippen molar-refractivity contribution < 1.29 is 19.0 Å². The number of unbranched alkanes of at least 4 members (excludes halogenated alkanes) is 1. The highest BCUT2D eigenvalue weighted by atomic mass is 31.2. The van der Waals surface area contributed by atoms with Gasteiger partial charge < -0.3 is 9.63 Å². The van der Waals surface area contributed by atoms with Gasteiger partial charge in [-0.05, 0) is 19.9 Å². The second-order valence-corrected chi connectivity index (χ2v) is 6.76. The Kier molecular flexibility index (Phi) is 8.48. The molecule has 0 fully saturated rings. The van der Waals surface area contributed by atoms with Gasteiger partial charge in [-0.25, -0.2) is 0 Å². The van der Waals surface area contributed by atoms with E-state index in [0.717, 1.165) is 19.4 Å². The van der Waals surface area contributed by atoms with E-state index >= 15 is 0 Å². The van der Waals surface area contributed by atoms with E-state index in [-0.39, 0.29) is 6.42 Å². The third kappa shape index (κ3) is 9.33. The third-order valence-electron chi connectivity index (χ3n) is 2.33. The fraction of sp³-hybridized carbons (Fsp3) is 0.909. The summed E-state index contributed by atoms with van der Waals surface area (Å²) in [6.45, 7) is 7.12. The van der Waals surface area contributed by atoms with E-state index in [1.165, 1.54) is 0 Å². The molecule has 1 unspecified atom stereocenters. The van der Waals surface area contributed by atoms with Gasteiger partial charge in [-0.3, -0.25) is 14.3 Å². The average molecular weight is 265 g/mol. The second-order valence-electron chi connectivity index (χ2n) is 4.19. The lowest BCUT2D eigenvalue weighted by molar-refractivity contribution is -0.137. The highest BCUT2D eigenvalue weighted by molar-refractivity contribution is 7.58. The van der Waals surface area contributed by atoms with Crippen LogP contribution in [-0.4, -0.2) is 48.6 Å². The van der Waals surface area contributed by atoms with Gasteiger partial charge in [0.05, 0.1) is 19.3 Å². The Hall–Kier alpha value is -0.380. The number of carboxylic acids is 1. The molecule has 0 spiro atoms. The molecule has 0 radical (unpaired) electrons. The van der Waals surface area contributed by atoms with E-state index in [2.05, 4.69) is 6.92 Å². The third-order valence-corrected chi connectivity index (χ3v) is 4.05. The predicted octanol–water partition coefficient (Wildman–Crippen LogP) is 2.47. The number of rotatable bonds is 10. The molecule has 0 aromatic rings. The van der Waals surface area contributed by atoms with Gasteiger partial charge in [0.25, 0.3) is 0 Å². The van der Waals surface area contributed by atoms with Crippen molar-refractivity contribution in [1.82, 2.24) is 4.90 Å². The molecule has 0 aliphatic heterocycles. The van der Waals surface area contributed by atoms with Crippen LogP contribution in [0.5, 0.6) is 0 Å². The molecule has 6 heteroatoms. The maximum atomic E-state index is 12.0. The van der Waals surface area contributed by atoms with Crippen molar-refractivity contribution in [1.29, 1.82) is 0 Å². The number of aliphatic carboxylic acids is 1. The molecule has 0 heterocycles. The standard InChI is InChI=1S/C11H24NO4P/c1-4-6-8-12(9-7-11(13)14)10-17(3,15)16-5-2/h4-10H2,1-3H3,(H,13,14). The van der Waals surface area contributed by atoms with Crippen molar-refractivity contribution in [2.75, 3.05) is 32.6 Å². The zero-order chi connectivity index (χ0) is 13.3. The van der Waals surface area contributed by atoms with Gasteiger partial charge >= 0.3 is 5.97 Å². The van der Waals surface area contributed by atoms with Crippen LogP contribution in [0.15, 0.2) is 0 Å². The maximum Gasteiger partial charge on any atom is 0.304 e. The summed E-state index contributed by atoms with van der Waals surface area (Å²) in [7, 11) is -2.62. The summed E-state index contributed by atoms with van der Waals surface area (Å²) in [5, 5.41) is 8.66.